The van der Waals surface area contributed by atoms with Gasteiger partial charge in [0.25, 0.3) is 5.91 Å². The summed E-state index contributed by atoms with van der Waals surface area (Å²) in [4.78, 5) is 43.8. The standard InChI is InChI=1S/C24H26N4O4/c1-17-16-25-24(31)28(17)21-10-8-19(9-11-21)23(30)32-18(2)22(29)27-14-12-26(13-15-27)20-6-4-3-5-7-20/h3-11,16,18H,12-15H2,1-2H3,(H,25,31). The van der Waals surface area contributed by atoms with Crippen LogP contribution in [0, 0.1) is 6.92 Å². The number of aromatic nitrogens is 2. The predicted octanol–water partition coefficient (Wildman–Crippen LogP) is 2.37. The van der Waals surface area contributed by atoms with Crippen LogP contribution >= 0.6 is 0 Å². The highest BCUT2D eigenvalue weighted by molar-refractivity contribution is 5.92. The van der Waals surface area contributed by atoms with Crippen molar-refractivity contribution in [2.75, 3.05) is 31.1 Å². The molecule has 1 aromatic heterocycles. The number of ether oxygens (including phenoxy) is 1. The molecule has 0 bridgehead atoms. The van der Waals surface area contributed by atoms with Gasteiger partial charge in [-0.05, 0) is 50.2 Å². The van der Waals surface area contributed by atoms with E-state index in [1.54, 1.807) is 42.3 Å². The number of amides is 1. The summed E-state index contributed by atoms with van der Waals surface area (Å²) in [6, 6.07) is 16.6. The van der Waals surface area contributed by atoms with Crippen LogP contribution in [0.4, 0.5) is 5.69 Å². The van der Waals surface area contributed by atoms with Crippen LogP contribution in [-0.2, 0) is 9.53 Å². The second-order valence-electron chi connectivity index (χ2n) is 7.81. The molecule has 8 nitrogen and oxygen atoms in total. The Morgan fingerprint density at radius 2 is 1.59 bits per heavy atom. The van der Waals surface area contributed by atoms with Crippen molar-refractivity contribution in [1.82, 2.24) is 14.5 Å². The van der Waals surface area contributed by atoms with Crippen molar-refractivity contribution >= 4 is 17.6 Å². The summed E-state index contributed by atoms with van der Waals surface area (Å²) in [5.74, 6) is -0.768. The molecule has 2 aromatic carbocycles. The number of H-pyrrole nitrogens is 1. The number of carbonyl (C=O) groups is 2. The van der Waals surface area contributed by atoms with Crippen LogP contribution in [-0.4, -0.2) is 58.6 Å². The van der Waals surface area contributed by atoms with Gasteiger partial charge < -0.3 is 19.5 Å². The van der Waals surface area contributed by atoms with Crippen LogP contribution < -0.4 is 10.6 Å². The van der Waals surface area contributed by atoms with E-state index < -0.39 is 12.1 Å². The Morgan fingerprint density at radius 3 is 2.19 bits per heavy atom. The third kappa shape index (κ3) is 4.44. The SMILES string of the molecule is Cc1c[nH]c(=O)n1-c1ccc(C(=O)OC(C)C(=O)N2CCN(c3ccccc3)CC2)cc1. The van der Waals surface area contributed by atoms with Crippen molar-refractivity contribution in [3.8, 4) is 5.69 Å². The van der Waals surface area contributed by atoms with Crippen LogP contribution in [0.5, 0.6) is 0 Å². The molecule has 1 aliphatic heterocycles. The van der Waals surface area contributed by atoms with Gasteiger partial charge in [0, 0.05) is 43.8 Å². The molecule has 166 valence electrons. The Balaban J connectivity index is 1.33. The van der Waals surface area contributed by atoms with Crippen LogP contribution in [0.15, 0.2) is 65.6 Å². The van der Waals surface area contributed by atoms with E-state index in [9.17, 15) is 14.4 Å². The molecule has 1 unspecified atom stereocenters. The summed E-state index contributed by atoms with van der Waals surface area (Å²) < 4.78 is 6.93. The highest BCUT2D eigenvalue weighted by Crippen LogP contribution is 2.17. The number of para-hydroxylation sites is 1. The van der Waals surface area contributed by atoms with Crippen LogP contribution in [0.1, 0.15) is 23.0 Å². The van der Waals surface area contributed by atoms with Crippen LogP contribution in [0.3, 0.4) is 0 Å². The summed E-state index contributed by atoms with van der Waals surface area (Å²) >= 11 is 0. The lowest BCUT2D eigenvalue weighted by atomic mass is 10.2. The fourth-order valence-electron chi connectivity index (χ4n) is 3.88. The molecule has 1 N–H and O–H groups in total. The van der Waals surface area contributed by atoms with Crippen molar-refractivity contribution in [2.24, 2.45) is 0 Å². The summed E-state index contributed by atoms with van der Waals surface area (Å²) in [6.07, 6.45) is 0.747. The van der Waals surface area contributed by atoms with E-state index in [1.807, 2.05) is 25.1 Å². The van der Waals surface area contributed by atoms with E-state index in [1.165, 1.54) is 4.57 Å². The molecule has 1 atom stereocenters. The summed E-state index contributed by atoms with van der Waals surface area (Å²) in [6.45, 7) is 6.03. The van der Waals surface area contributed by atoms with Crippen molar-refractivity contribution in [3.63, 3.8) is 0 Å². The van der Waals surface area contributed by atoms with Crippen LogP contribution in [0.2, 0.25) is 0 Å². The quantitative estimate of drug-likeness (QED) is 0.623. The summed E-state index contributed by atoms with van der Waals surface area (Å²) in [5, 5.41) is 0. The number of aryl methyl sites for hydroxylation is 1. The van der Waals surface area contributed by atoms with E-state index >= 15 is 0 Å². The Bertz CT molecular complexity index is 1140. The molecule has 1 amide bonds. The molecule has 1 fully saturated rings. The molecule has 4 rings (SSSR count). The number of carbonyl (C=O) groups excluding carboxylic acids is 2. The number of nitrogens with one attached hydrogen (secondary N) is 1. The molecular formula is C24H26N4O4. The Kier molecular flexibility index (Phi) is 6.11. The third-order valence-corrected chi connectivity index (χ3v) is 5.67. The fraction of sp³-hybridized carbons (Fsp3) is 0.292. The smallest absolute Gasteiger partial charge is 0.338 e. The largest absolute Gasteiger partial charge is 0.449 e. The van der Waals surface area contributed by atoms with Crippen molar-refractivity contribution in [2.45, 2.75) is 20.0 Å². The van der Waals surface area contributed by atoms with Gasteiger partial charge in [0.05, 0.1) is 11.3 Å². The number of nitrogens with zero attached hydrogens (tertiary/aromatic N) is 3. The van der Waals surface area contributed by atoms with Crippen molar-refractivity contribution in [3.05, 3.63) is 82.5 Å². The van der Waals surface area contributed by atoms with Crippen LogP contribution in [0.25, 0.3) is 5.69 Å². The van der Waals surface area contributed by atoms with Gasteiger partial charge in [-0.25, -0.2) is 9.59 Å². The Morgan fingerprint density at radius 1 is 0.938 bits per heavy atom. The first-order valence-corrected chi connectivity index (χ1v) is 10.6. The molecule has 0 radical (unpaired) electrons. The molecule has 32 heavy (non-hydrogen) atoms. The number of rotatable bonds is 5. The first-order valence-electron chi connectivity index (χ1n) is 10.6. The number of hydrogen-bond donors (Lipinski definition) is 1. The van der Waals surface area contributed by atoms with Gasteiger partial charge in [0.2, 0.25) is 0 Å². The lowest BCUT2D eigenvalue weighted by Gasteiger charge is -2.37. The van der Waals surface area contributed by atoms with E-state index in [4.69, 9.17) is 4.74 Å². The van der Waals surface area contributed by atoms with Crippen molar-refractivity contribution in [1.29, 1.82) is 0 Å². The fourth-order valence-corrected chi connectivity index (χ4v) is 3.88. The molecule has 8 heteroatoms. The number of piperazine rings is 1. The number of imidazole rings is 1. The minimum Gasteiger partial charge on any atom is -0.449 e. The average molecular weight is 434 g/mol. The highest BCUT2D eigenvalue weighted by atomic mass is 16.5. The number of benzene rings is 2. The molecule has 2 heterocycles. The van der Waals surface area contributed by atoms with E-state index in [-0.39, 0.29) is 11.6 Å². The lowest BCUT2D eigenvalue weighted by Crippen LogP contribution is -2.51. The topological polar surface area (TPSA) is 87.6 Å². The molecule has 0 saturated carbocycles. The minimum absolute atomic E-state index is 0.197. The van der Waals surface area contributed by atoms with Gasteiger partial charge in [0.15, 0.2) is 6.10 Å². The second kappa shape index (κ2) is 9.13. The normalized spacial score (nSPS) is 14.8. The highest BCUT2D eigenvalue weighted by Gasteiger charge is 2.27. The number of aromatic amines is 1. The minimum atomic E-state index is -0.875. The molecule has 1 saturated heterocycles. The average Bonchev–Trinajstić information content (AvgIpc) is 3.17. The molecular weight excluding hydrogens is 408 g/mol. The molecule has 3 aromatic rings. The predicted molar refractivity (Wildman–Crippen MR) is 121 cm³/mol. The Hall–Kier alpha value is -3.81. The summed E-state index contributed by atoms with van der Waals surface area (Å²) in [7, 11) is 0. The summed E-state index contributed by atoms with van der Waals surface area (Å²) in [5.41, 5.74) is 2.62. The van der Waals surface area contributed by atoms with E-state index in [2.05, 4.69) is 22.0 Å². The van der Waals surface area contributed by atoms with E-state index in [0.29, 0.717) is 24.3 Å². The lowest BCUT2D eigenvalue weighted by molar-refractivity contribution is -0.140. The van der Waals surface area contributed by atoms with Gasteiger partial charge >= 0.3 is 11.7 Å². The van der Waals surface area contributed by atoms with Gasteiger partial charge in [-0.1, -0.05) is 18.2 Å². The number of anilines is 1. The molecule has 1 aliphatic rings. The third-order valence-electron chi connectivity index (χ3n) is 5.67. The zero-order valence-corrected chi connectivity index (χ0v) is 18.2. The monoisotopic (exact) mass is 434 g/mol. The number of esters is 1. The van der Waals surface area contributed by atoms with Crippen molar-refractivity contribution < 1.29 is 14.3 Å². The van der Waals surface area contributed by atoms with Gasteiger partial charge in [-0.2, -0.15) is 0 Å². The van der Waals surface area contributed by atoms with Gasteiger partial charge in [-0.3, -0.25) is 9.36 Å². The molecule has 0 aliphatic carbocycles. The maximum atomic E-state index is 12.8. The van der Waals surface area contributed by atoms with E-state index in [0.717, 1.165) is 24.5 Å². The second-order valence-corrected chi connectivity index (χ2v) is 7.81. The number of hydrogen-bond acceptors (Lipinski definition) is 5. The first-order chi connectivity index (χ1) is 15.4. The maximum Gasteiger partial charge on any atom is 0.338 e. The molecule has 0 spiro atoms. The van der Waals surface area contributed by atoms with Gasteiger partial charge in [-0.15, -0.1) is 0 Å². The zero-order chi connectivity index (χ0) is 22.7. The van der Waals surface area contributed by atoms with Gasteiger partial charge in [0.1, 0.15) is 0 Å². The Labute approximate surface area is 186 Å². The maximum absolute atomic E-state index is 12.8. The zero-order valence-electron chi connectivity index (χ0n) is 18.2. The first kappa shape index (κ1) is 21.4.